The van der Waals surface area contributed by atoms with Gasteiger partial charge in [-0.25, -0.2) is 0 Å². The highest BCUT2D eigenvalue weighted by Crippen LogP contribution is 2.32. The molecule has 5 nitrogen and oxygen atoms in total. The fourth-order valence-electron chi connectivity index (χ4n) is 2.66. The van der Waals surface area contributed by atoms with E-state index in [1.165, 1.54) is 0 Å². The van der Waals surface area contributed by atoms with Crippen LogP contribution in [0.25, 0.3) is 0 Å². The minimum Gasteiger partial charge on any atom is -0.367 e. The van der Waals surface area contributed by atoms with Crippen molar-refractivity contribution in [3.05, 3.63) is 11.7 Å². The fourth-order valence-corrected chi connectivity index (χ4v) is 2.66. The van der Waals surface area contributed by atoms with Crippen LogP contribution in [0.4, 0.5) is 0 Å². The highest BCUT2D eigenvalue weighted by atomic mass is 16.5. The van der Waals surface area contributed by atoms with Gasteiger partial charge < -0.3 is 14.6 Å². The minimum atomic E-state index is -0.370. The van der Waals surface area contributed by atoms with Gasteiger partial charge in [-0.2, -0.15) is 4.98 Å². The van der Waals surface area contributed by atoms with Gasteiger partial charge in [0.05, 0.1) is 0 Å². The first-order valence-corrected chi connectivity index (χ1v) is 7.75. The van der Waals surface area contributed by atoms with Gasteiger partial charge in [0.2, 0.25) is 11.7 Å². The lowest BCUT2D eigenvalue weighted by Gasteiger charge is -2.30. The lowest BCUT2D eigenvalue weighted by molar-refractivity contribution is -0.0770. The van der Waals surface area contributed by atoms with E-state index < -0.39 is 0 Å². The molecule has 1 aromatic rings. The Kier molecular flexibility index (Phi) is 5.16. The quantitative estimate of drug-likeness (QED) is 0.868. The second-order valence-corrected chi connectivity index (χ2v) is 6.16. The van der Waals surface area contributed by atoms with Crippen molar-refractivity contribution >= 4 is 0 Å². The number of nitrogens with zero attached hydrogens (tertiary/aromatic N) is 2. The maximum absolute atomic E-state index is 5.86. The number of ether oxygens (including phenoxy) is 1. The van der Waals surface area contributed by atoms with E-state index in [0.29, 0.717) is 23.7 Å². The van der Waals surface area contributed by atoms with Gasteiger partial charge in [-0.1, -0.05) is 25.9 Å². The SMILES string of the molecule is CCNC(Cc1nc(C2(C)CCCCO2)no1)C(C)C. The molecular weight excluding hydrogens is 254 g/mol. The van der Waals surface area contributed by atoms with E-state index in [4.69, 9.17) is 9.26 Å². The zero-order valence-electron chi connectivity index (χ0n) is 13.1. The Labute approximate surface area is 121 Å². The second kappa shape index (κ2) is 6.68. The Morgan fingerprint density at radius 2 is 2.15 bits per heavy atom. The molecule has 2 atom stereocenters. The molecule has 1 aliphatic heterocycles. The van der Waals surface area contributed by atoms with Crippen molar-refractivity contribution in [1.29, 1.82) is 0 Å². The topological polar surface area (TPSA) is 60.2 Å². The van der Waals surface area contributed by atoms with Crippen molar-refractivity contribution in [2.45, 2.75) is 65.0 Å². The van der Waals surface area contributed by atoms with Crippen molar-refractivity contribution in [1.82, 2.24) is 15.5 Å². The Morgan fingerprint density at radius 3 is 2.75 bits per heavy atom. The zero-order valence-corrected chi connectivity index (χ0v) is 13.1. The number of aromatic nitrogens is 2. The summed E-state index contributed by atoms with van der Waals surface area (Å²) in [7, 11) is 0. The maximum Gasteiger partial charge on any atom is 0.228 e. The van der Waals surface area contributed by atoms with Crippen LogP contribution < -0.4 is 5.32 Å². The van der Waals surface area contributed by atoms with Crippen molar-refractivity contribution in [2.24, 2.45) is 5.92 Å². The van der Waals surface area contributed by atoms with Gasteiger partial charge in [0.1, 0.15) is 5.60 Å². The van der Waals surface area contributed by atoms with E-state index in [9.17, 15) is 0 Å². The Morgan fingerprint density at radius 1 is 1.35 bits per heavy atom. The van der Waals surface area contributed by atoms with Crippen molar-refractivity contribution < 1.29 is 9.26 Å². The molecule has 0 amide bonds. The van der Waals surface area contributed by atoms with E-state index >= 15 is 0 Å². The number of nitrogens with one attached hydrogen (secondary N) is 1. The predicted octanol–water partition coefficient (Wildman–Crippen LogP) is 2.66. The monoisotopic (exact) mass is 281 g/mol. The fraction of sp³-hybridized carbons (Fsp3) is 0.867. The van der Waals surface area contributed by atoms with E-state index in [0.717, 1.165) is 38.8 Å². The number of likely N-dealkylation sites (N-methyl/N-ethyl adjacent to an activating group) is 1. The van der Waals surface area contributed by atoms with Gasteiger partial charge in [0.25, 0.3) is 0 Å². The molecule has 0 aliphatic carbocycles. The van der Waals surface area contributed by atoms with Crippen molar-refractivity contribution in [3.63, 3.8) is 0 Å². The molecule has 1 aliphatic rings. The van der Waals surface area contributed by atoms with Crippen LogP contribution in [-0.4, -0.2) is 29.3 Å². The summed E-state index contributed by atoms with van der Waals surface area (Å²) >= 11 is 0. The van der Waals surface area contributed by atoms with Crippen LogP contribution in [0, 0.1) is 5.92 Å². The molecule has 2 unspecified atom stereocenters. The Balaban J connectivity index is 2.04. The Bertz CT molecular complexity index is 411. The standard InChI is InChI=1S/C15H27N3O2/c1-5-16-12(11(2)3)10-13-17-14(18-20-13)15(4)8-6-7-9-19-15/h11-12,16H,5-10H2,1-4H3. The summed E-state index contributed by atoms with van der Waals surface area (Å²) in [5, 5.41) is 7.62. The van der Waals surface area contributed by atoms with Gasteiger partial charge in [-0.05, 0) is 38.6 Å². The van der Waals surface area contributed by atoms with E-state index in [2.05, 4.69) is 43.2 Å². The van der Waals surface area contributed by atoms with Crippen LogP contribution in [0.5, 0.6) is 0 Å². The normalized spacial score (nSPS) is 25.1. The lowest BCUT2D eigenvalue weighted by Crippen LogP contribution is -2.35. The van der Waals surface area contributed by atoms with Gasteiger partial charge in [0.15, 0.2) is 0 Å². The molecule has 5 heteroatoms. The first-order chi connectivity index (χ1) is 9.55. The third kappa shape index (κ3) is 3.58. The van der Waals surface area contributed by atoms with Crippen LogP contribution in [0.2, 0.25) is 0 Å². The summed E-state index contributed by atoms with van der Waals surface area (Å²) in [6.45, 7) is 10.3. The number of hydrogen-bond acceptors (Lipinski definition) is 5. The maximum atomic E-state index is 5.86. The molecule has 0 aromatic carbocycles. The first kappa shape index (κ1) is 15.4. The van der Waals surface area contributed by atoms with Gasteiger partial charge in [0, 0.05) is 19.1 Å². The number of hydrogen-bond donors (Lipinski definition) is 1. The van der Waals surface area contributed by atoms with Crippen molar-refractivity contribution in [3.8, 4) is 0 Å². The molecule has 1 saturated heterocycles. The summed E-state index contributed by atoms with van der Waals surface area (Å²) in [5.41, 5.74) is -0.370. The third-order valence-corrected chi connectivity index (χ3v) is 4.08. The summed E-state index contributed by atoms with van der Waals surface area (Å²) in [4.78, 5) is 4.57. The van der Waals surface area contributed by atoms with E-state index in [-0.39, 0.29) is 5.60 Å². The van der Waals surface area contributed by atoms with Crippen molar-refractivity contribution in [2.75, 3.05) is 13.2 Å². The predicted molar refractivity (Wildman–Crippen MR) is 77.5 cm³/mol. The molecule has 114 valence electrons. The summed E-state index contributed by atoms with van der Waals surface area (Å²) in [6.07, 6.45) is 4.02. The zero-order chi connectivity index (χ0) is 14.6. The molecular formula is C15H27N3O2. The largest absolute Gasteiger partial charge is 0.367 e. The van der Waals surface area contributed by atoms with Crippen LogP contribution in [-0.2, 0) is 16.8 Å². The van der Waals surface area contributed by atoms with Gasteiger partial charge in [-0.15, -0.1) is 0 Å². The smallest absolute Gasteiger partial charge is 0.228 e. The van der Waals surface area contributed by atoms with E-state index in [1.807, 2.05) is 0 Å². The highest BCUT2D eigenvalue weighted by molar-refractivity contribution is 5.01. The van der Waals surface area contributed by atoms with Crippen LogP contribution >= 0.6 is 0 Å². The first-order valence-electron chi connectivity index (χ1n) is 7.75. The molecule has 1 fully saturated rings. The van der Waals surface area contributed by atoms with E-state index in [1.54, 1.807) is 0 Å². The van der Waals surface area contributed by atoms with Gasteiger partial charge in [-0.3, -0.25) is 0 Å². The van der Waals surface area contributed by atoms with Gasteiger partial charge >= 0.3 is 0 Å². The average Bonchev–Trinajstić information content (AvgIpc) is 2.88. The molecule has 0 saturated carbocycles. The van der Waals surface area contributed by atoms with Crippen LogP contribution in [0.15, 0.2) is 4.52 Å². The number of rotatable bonds is 6. The summed E-state index contributed by atoms with van der Waals surface area (Å²) in [5.74, 6) is 1.94. The minimum absolute atomic E-state index is 0.369. The van der Waals surface area contributed by atoms with Crippen LogP contribution in [0.3, 0.4) is 0 Å². The molecule has 0 bridgehead atoms. The third-order valence-electron chi connectivity index (χ3n) is 4.08. The second-order valence-electron chi connectivity index (χ2n) is 6.16. The summed E-state index contributed by atoms with van der Waals surface area (Å²) in [6, 6.07) is 0.369. The molecule has 2 rings (SSSR count). The Hall–Kier alpha value is -0.940. The average molecular weight is 281 g/mol. The van der Waals surface area contributed by atoms with Crippen LogP contribution in [0.1, 0.15) is 58.7 Å². The molecule has 2 heterocycles. The molecule has 1 aromatic heterocycles. The molecule has 0 spiro atoms. The molecule has 0 radical (unpaired) electrons. The summed E-state index contributed by atoms with van der Waals surface area (Å²) < 4.78 is 11.3. The highest BCUT2D eigenvalue weighted by Gasteiger charge is 2.35. The molecule has 1 N–H and O–H groups in total. The molecule has 20 heavy (non-hydrogen) atoms. The lowest BCUT2D eigenvalue weighted by atomic mass is 9.95.